The number of hydrogen-bond acceptors (Lipinski definition) is 5. The van der Waals surface area contributed by atoms with Crippen molar-refractivity contribution in [1.82, 2.24) is 20.1 Å². The van der Waals surface area contributed by atoms with Crippen LogP contribution < -0.4 is 5.32 Å². The van der Waals surface area contributed by atoms with Crippen LogP contribution in [0.3, 0.4) is 0 Å². The SMILES string of the molecule is CCCCc1c(C)nn(-c2nc(C)c(C(=O)NCCO)s2)c1C. The second-order valence-corrected chi connectivity index (χ2v) is 6.53. The van der Waals surface area contributed by atoms with Gasteiger partial charge in [0.15, 0.2) is 0 Å². The van der Waals surface area contributed by atoms with Crippen molar-refractivity contribution in [3.05, 3.63) is 27.5 Å². The summed E-state index contributed by atoms with van der Waals surface area (Å²) in [5.41, 5.74) is 4.07. The first-order valence-electron chi connectivity index (χ1n) is 7.91. The van der Waals surface area contributed by atoms with Crippen molar-refractivity contribution in [3.63, 3.8) is 0 Å². The largest absolute Gasteiger partial charge is 0.395 e. The second-order valence-electron chi connectivity index (χ2n) is 5.56. The van der Waals surface area contributed by atoms with Gasteiger partial charge < -0.3 is 10.4 Å². The van der Waals surface area contributed by atoms with Crippen molar-refractivity contribution >= 4 is 17.2 Å². The summed E-state index contributed by atoms with van der Waals surface area (Å²) in [4.78, 5) is 17.2. The Hall–Kier alpha value is -1.73. The van der Waals surface area contributed by atoms with E-state index in [2.05, 4.69) is 22.3 Å². The maximum absolute atomic E-state index is 12.1. The zero-order valence-electron chi connectivity index (χ0n) is 14.1. The number of rotatable bonds is 7. The molecule has 0 spiro atoms. The van der Waals surface area contributed by atoms with Gasteiger partial charge >= 0.3 is 0 Å². The van der Waals surface area contributed by atoms with E-state index >= 15 is 0 Å². The van der Waals surface area contributed by atoms with Crippen molar-refractivity contribution in [2.75, 3.05) is 13.2 Å². The normalized spacial score (nSPS) is 11.0. The minimum atomic E-state index is -0.201. The molecule has 0 unspecified atom stereocenters. The predicted molar refractivity (Wildman–Crippen MR) is 91.5 cm³/mol. The van der Waals surface area contributed by atoms with E-state index in [9.17, 15) is 4.79 Å². The van der Waals surface area contributed by atoms with Gasteiger partial charge in [0.2, 0.25) is 5.13 Å². The number of aliphatic hydroxyl groups excluding tert-OH is 1. The zero-order chi connectivity index (χ0) is 17.0. The Morgan fingerprint density at radius 1 is 1.30 bits per heavy atom. The third-order valence-electron chi connectivity index (χ3n) is 3.79. The summed E-state index contributed by atoms with van der Waals surface area (Å²) in [5.74, 6) is -0.201. The van der Waals surface area contributed by atoms with Crippen LogP contribution in [-0.2, 0) is 6.42 Å². The van der Waals surface area contributed by atoms with Crippen molar-refractivity contribution in [2.24, 2.45) is 0 Å². The van der Waals surface area contributed by atoms with Gasteiger partial charge in [0.1, 0.15) is 4.88 Å². The molecule has 0 saturated heterocycles. The first-order chi connectivity index (χ1) is 11.0. The third-order valence-corrected chi connectivity index (χ3v) is 4.92. The molecule has 2 N–H and O–H groups in total. The summed E-state index contributed by atoms with van der Waals surface area (Å²) in [5, 5.41) is 16.8. The monoisotopic (exact) mass is 336 g/mol. The summed E-state index contributed by atoms with van der Waals surface area (Å²) >= 11 is 1.33. The molecule has 0 atom stereocenters. The average Bonchev–Trinajstić information content (AvgIpc) is 3.03. The quantitative estimate of drug-likeness (QED) is 0.813. The molecule has 0 aliphatic heterocycles. The molecule has 2 aromatic heterocycles. The van der Waals surface area contributed by atoms with Crippen molar-refractivity contribution in [2.45, 2.75) is 47.0 Å². The van der Waals surface area contributed by atoms with Crippen LogP contribution in [-0.4, -0.2) is 38.9 Å². The molecule has 2 heterocycles. The Morgan fingerprint density at radius 2 is 2.04 bits per heavy atom. The van der Waals surface area contributed by atoms with Crippen molar-refractivity contribution in [1.29, 1.82) is 0 Å². The molecule has 0 fully saturated rings. The molecule has 23 heavy (non-hydrogen) atoms. The molecule has 0 radical (unpaired) electrons. The van der Waals surface area contributed by atoms with E-state index < -0.39 is 0 Å². The van der Waals surface area contributed by atoms with E-state index in [1.165, 1.54) is 16.9 Å². The van der Waals surface area contributed by atoms with Gasteiger partial charge in [-0.25, -0.2) is 9.67 Å². The molecule has 0 bridgehead atoms. The average molecular weight is 336 g/mol. The van der Waals surface area contributed by atoms with Crippen LogP contribution >= 0.6 is 11.3 Å². The first-order valence-corrected chi connectivity index (χ1v) is 8.73. The molecular formula is C16H24N4O2S. The number of nitrogens with one attached hydrogen (secondary N) is 1. The predicted octanol–water partition coefficient (Wildman–Crippen LogP) is 2.32. The molecule has 0 aliphatic carbocycles. The molecule has 0 aromatic carbocycles. The molecule has 7 heteroatoms. The number of thiazole rings is 1. The van der Waals surface area contributed by atoms with Gasteiger partial charge in [-0.2, -0.15) is 5.10 Å². The Kier molecular flexibility index (Phi) is 5.90. The number of carbonyl (C=O) groups excluding carboxylic acids is 1. The van der Waals surface area contributed by atoms with Crippen LogP contribution in [0.2, 0.25) is 0 Å². The van der Waals surface area contributed by atoms with Gasteiger partial charge in [-0.3, -0.25) is 4.79 Å². The number of carbonyl (C=O) groups is 1. The van der Waals surface area contributed by atoms with Crippen LogP contribution in [0.25, 0.3) is 5.13 Å². The fourth-order valence-electron chi connectivity index (χ4n) is 2.51. The van der Waals surface area contributed by atoms with E-state index in [0.717, 1.165) is 30.7 Å². The van der Waals surface area contributed by atoms with Crippen LogP contribution in [0.5, 0.6) is 0 Å². The Morgan fingerprint density at radius 3 is 2.70 bits per heavy atom. The van der Waals surface area contributed by atoms with E-state index in [-0.39, 0.29) is 19.1 Å². The second kappa shape index (κ2) is 7.70. The van der Waals surface area contributed by atoms with Crippen LogP contribution in [0.4, 0.5) is 0 Å². The van der Waals surface area contributed by atoms with Gasteiger partial charge in [0.25, 0.3) is 5.91 Å². The summed E-state index contributed by atoms with van der Waals surface area (Å²) in [6, 6.07) is 0. The maximum Gasteiger partial charge on any atom is 0.263 e. The summed E-state index contributed by atoms with van der Waals surface area (Å²) in [7, 11) is 0. The lowest BCUT2D eigenvalue weighted by molar-refractivity contribution is 0.0948. The standard InChI is InChI=1S/C16H24N4O2S/c1-5-6-7-13-10(2)19-20(12(13)4)16-18-11(3)14(23-16)15(22)17-8-9-21/h21H,5-9H2,1-4H3,(H,17,22). The van der Waals surface area contributed by atoms with E-state index in [0.29, 0.717) is 15.7 Å². The number of nitrogens with zero attached hydrogens (tertiary/aromatic N) is 3. The highest BCUT2D eigenvalue weighted by Crippen LogP contribution is 2.25. The lowest BCUT2D eigenvalue weighted by Crippen LogP contribution is -2.26. The molecule has 1 amide bonds. The van der Waals surface area contributed by atoms with E-state index in [1.54, 1.807) is 0 Å². The number of aryl methyl sites for hydroxylation is 2. The number of amides is 1. The van der Waals surface area contributed by atoms with Gasteiger partial charge in [0.05, 0.1) is 18.0 Å². The third kappa shape index (κ3) is 3.79. The first kappa shape index (κ1) is 17.6. The smallest absolute Gasteiger partial charge is 0.263 e. The number of aliphatic hydroxyl groups is 1. The highest BCUT2D eigenvalue weighted by molar-refractivity contribution is 7.16. The van der Waals surface area contributed by atoms with Gasteiger partial charge in [-0.05, 0) is 39.2 Å². The Labute approximate surface area is 140 Å². The van der Waals surface area contributed by atoms with Gasteiger partial charge in [-0.15, -0.1) is 0 Å². The maximum atomic E-state index is 12.1. The lowest BCUT2D eigenvalue weighted by Gasteiger charge is -2.01. The number of aromatic nitrogens is 3. The summed E-state index contributed by atoms with van der Waals surface area (Å²) in [6.07, 6.45) is 3.30. The molecule has 126 valence electrons. The number of unbranched alkanes of at least 4 members (excludes halogenated alkanes) is 1. The minimum absolute atomic E-state index is 0.0747. The van der Waals surface area contributed by atoms with Crippen molar-refractivity contribution < 1.29 is 9.90 Å². The zero-order valence-corrected chi connectivity index (χ0v) is 15.0. The Bertz CT molecular complexity index is 691. The fraction of sp³-hybridized carbons (Fsp3) is 0.562. The molecule has 0 saturated carbocycles. The van der Waals surface area contributed by atoms with E-state index in [1.807, 2.05) is 25.5 Å². The van der Waals surface area contributed by atoms with Gasteiger partial charge in [0, 0.05) is 12.2 Å². The van der Waals surface area contributed by atoms with E-state index in [4.69, 9.17) is 5.11 Å². The highest BCUT2D eigenvalue weighted by atomic mass is 32.1. The van der Waals surface area contributed by atoms with Crippen molar-refractivity contribution in [3.8, 4) is 5.13 Å². The number of hydrogen-bond donors (Lipinski definition) is 2. The lowest BCUT2D eigenvalue weighted by atomic mass is 10.1. The van der Waals surface area contributed by atoms with Crippen LogP contribution in [0, 0.1) is 20.8 Å². The summed E-state index contributed by atoms with van der Waals surface area (Å²) in [6.45, 7) is 8.23. The molecule has 2 aromatic rings. The topological polar surface area (TPSA) is 80.0 Å². The highest BCUT2D eigenvalue weighted by Gasteiger charge is 2.19. The Balaban J connectivity index is 2.31. The fourth-order valence-corrected chi connectivity index (χ4v) is 3.50. The molecule has 2 rings (SSSR count). The molecule has 0 aliphatic rings. The summed E-state index contributed by atoms with van der Waals surface area (Å²) < 4.78 is 1.83. The molecule has 6 nitrogen and oxygen atoms in total. The molecular weight excluding hydrogens is 312 g/mol. The van der Waals surface area contributed by atoms with Crippen LogP contribution in [0.15, 0.2) is 0 Å². The van der Waals surface area contributed by atoms with Gasteiger partial charge in [-0.1, -0.05) is 24.7 Å². The minimum Gasteiger partial charge on any atom is -0.395 e. The van der Waals surface area contributed by atoms with Crippen LogP contribution in [0.1, 0.15) is 52.1 Å².